The molecule has 2 nitrogen and oxygen atoms in total. The molecule has 1 amide bonds. The van der Waals surface area contributed by atoms with Gasteiger partial charge in [-0.25, -0.2) is 0 Å². The summed E-state index contributed by atoms with van der Waals surface area (Å²) >= 11 is 11.5. The molecule has 1 aliphatic carbocycles. The number of benzene rings is 1. The van der Waals surface area contributed by atoms with Crippen LogP contribution in [0.3, 0.4) is 0 Å². The van der Waals surface area contributed by atoms with Gasteiger partial charge in [0, 0.05) is 17.6 Å². The van der Waals surface area contributed by atoms with E-state index in [-0.39, 0.29) is 6.04 Å². The lowest BCUT2D eigenvalue weighted by molar-refractivity contribution is 0.197. The molecule has 17 heavy (non-hydrogen) atoms. The SMILES string of the molecule is O=C(Cl)N(Cc1ccc(Cl)cc1)C1CC=CC1. The molecule has 1 aromatic rings. The topological polar surface area (TPSA) is 20.3 Å². The highest BCUT2D eigenvalue weighted by Crippen LogP contribution is 2.21. The van der Waals surface area contributed by atoms with Crippen LogP contribution < -0.4 is 0 Å². The molecule has 0 bridgehead atoms. The minimum atomic E-state index is -0.395. The molecule has 0 N–H and O–H groups in total. The van der Waals surface area contributed by atoms with Crippen molar-refractivity contribution in [1.29, 1.82) is 0 Å². The molecule has 0 radical (unpaired) electrons. The molecule has 0 fully saturated rings. The van der Waals surface area contributed by atoms with Crippen molar-refractivity contribution in [2.24, 2.45) is 0 Å². The van der Waals surface area contributed by atoms with Gasteiger partial charge in [0.1, 0.15) is 0 Å². The molecule has 0 saturated carbocycles. The zero-order valence-electron chi connectivity index (χ0n) is 9.27. The second-order valence-electron chi connectivity index (χ2n) is 4.10. The lowest BCUT2D eigenvalue weighted by atomic mass is 10.1. The smallest absolute Gasteiger partial charge is 0.316 e. The normalized spacial score (nSPS) is 15.2. The fourth-order valence-corrected chi connectivity index (χ4v) is 2.30. The Hall–Kier alpha value is -0.990. The van der Waals surface area contributed by atoms with Crippen molar-refractivity contribution in [3.05, 3.63) is 47.0 Å². The fraction of sp³-hybridized carbons (Fsp3) is 0.308. The first kappa shape index (κ1) is 12.5. The molecule has 0 spiro atoms. The van der Waals surface area contributed by atoms with Crippen molar-refractivity contribution in [2.45, 2.75) is 25.4 Å². The standard InChI is InChI=1S/C13H13Cl2NO/c14-11-7-5-10(6-8-11)9-16(13(15)17)12-3-1-2-4-12/h1-2,5-8,12H,3-4,9H2. The predicted octanol–water partition coefficient (Wildman–Crippen LogP) is 4.22. The molecule has 1 aromatic carbocycles. The average Bonchev–Trinajstić information content (AvgIpc) is 2.81. The molecule has 1 aliphatic rings. The first-order chi connectivity index (χ1) is 8.16. The summed E-state index contributed by atoms with van der Waals surface area (Å²) < 4.78 is 0. The van der Waals surface area contributed by atoms with Gasteiger partial charge in [0.05, 0.1) is 0 Å². The molecule has 0 heterocycles. The molecule has 0 unspecified atom stereocenters. The number of carbonyl (C=O) groups is 1. The summed E-state index contributed by atoms with van der Waals surface area (Å²) in [5, 5.41) is 0.300. The van der Waals surface area contributed by atoms with Crippen LogP contribution in [0.2, 0.25) is 5.02 Å². The molecule has 0 aromatic heterocycles. The summed E-state index contributed by atoms with van der Waals surface area (Å²) in [4.78, 5) is 13.1. The maximum absolute atomic E-state index is 11.4. The zero-order valence-corrected chi connectivity index (χ0v) is 10.8. The maximum Gasteiger partial charge on any atom is 0.316 e. The Balaban J connectivity index is 2.07. The molecule has 90 valence electrons. The van der Waals surface area contributed by atoms with Crippen molar-refractivity contribution < 1.29 is 4.79 Å². The number of carbonyl (C=O) groups excluding carboxylic acids is 1. The summed E-state index contributed by atoms with van der Waals surface area (Å²) in [6, 6.07) is 7.66. The monoisotopic (exact) mass is 269 g/mol. The number of amides is 1. The van der Waals surface area contributed by atoms with E-state index >= 15 is 0 Å². The number of hydrogen-bond acceptors (Lipinski definition) is 1. The lowest BCUT2D eigenvalue weighted by Crippen LogP contribution is -2.34. The van der Waals surface area contributed by atoms with E-state index in [4.69, 9.17) is 23.2 Å². The van der Waals surface area contributed by atoms with Crippen LogP contribution in [-0.2, 0) is 6.54 Å². The Morgan fingerprint density at radius 3 is 2.35 bits per heavy atom. The van der Waals surface area contributed by atoms with Gasteiger partial charge in [-0.1, -0.05) is 35.9 Å². The highest BCUT2D eigenvalue weighted by Gasteiger charge is 2.22. The molecule has 0 atom stereocenters. The van der Waals surface area contributed by atoms with Crippen LogP contribution in [0.4, 0.5) is 4.79 Å². The van der Waals surface area contributed by atoms with Gasteiger partial charge in [0.25, 0.3) is 0 Å². The van der Waals surface area contributed by atoms with Gasteiger partial charge in [-0.3, -0.25) is 4.79 Å². The summed E-state index contributed by atoms with van der Waals surface area (Å²) in [6.45, 7) is 0.534. The Labute approximate surface area is 111 Å². The summed E-state index contributed by atoms with van der Waals surface area (Å²) in [5.41, 5.74) is 1.04. The van der Waals surface area contributed by atoms with Gasteiger partial charge in [0.2, 0.25) is 0 Å². The second kappa shape index (κ2) is 5.56. The highest BCUT2D eigenvalue weighted by molar-refractivity contribution is 6.62. The lowest BCUT2D eigenvalue weighted by Gasteiger charge is -2.26. The van der Waals surface area contributed by atoms with Gasteiger partial charge in [-0.05, 0) is 42.1 Å². The maximum atomic E-state index is 11.4. The Morgan fingerprint density at radius 2 is 1.82 bits per heavy atom. The van der Waals surface area contributed by atoms with Crippen LogP contribution in [-0.4, -0.2) is 16.3 Å². The Bertz CT molecular complexity index is 420. The van der Waals surface area contributed by atoms with Crippen LogP contribution in [0.15, 0.2) is 36.4 Å². The number of hydrogen-bond donors (Lipinski definition) is 0. The van der Waals surface area contributed by atoms with Crippen LogP contribution in [0, 0.1) is 0 Å². The molecular formula is C13H13Cl2NO. The van der Waals surface area contributed by atoms with Crippen molar-refractivity contribution in [2.75, 3.05) is 0 Å². The minimum absolute atomic E-state index is 0.190. The first-order valence-electron chi connectivity index (χ1n) is 5.52. The van der Waals surface area contributed by atoms with Crippen LogP contribution in [0.1, 0.15) is 18.4 Å². The number of nitrogens with zero attached hydrogens (tertiary/aromatic N) is 1. The number of rotatable bonds is 3. The zero-order chi connectivity index (χ0) is 12.3. The first-order valence-corrected chi connectivity index (χ1v) is 6.28. The van der Waals surface area contributed by atoms with Gasteiger partial charge >= 0.3 is 5.37 Å². The van der Waals surface area contributed by atoms with Crippen LogP contribution in [0.25, 0.3) is 0 Å². The van der Waals surface area contributed by atoms with Gasteiger partial charge < -0.3 is 4.90 Å². The van der Waals surface area contributed by atoms with E-state index in [2.05, 4.69) is 12.2 Å². The Morgan fingerprint density at radius 1 is 1.24 bits per heavy atom. The third kappa shape index (κ3) is 3.24. The third-order valence-electron chi connectivity index (χ3n) is 2.92. The van der Waals surface area contributed by atoms with E-state index in [1.807, 2.05) is 24.3 Å². The number of halogens is 2. The van der Waals surface area contributed by atoms with Gasteiger partial charge in [-0.15, -0.1) is 0 Å². The summed E-state index contributed by atoms with van der Waals surface area (Å²) in [7, 11) is 0. The van der Waals surface area contributed by atoms with Crippen LogP contribution >= 0.6 is 23.2 Å². The molecular weight excluding hydrogens is 257 g/mol. The van der Waals surface area contributed by atoms with Crippen molar-refractivity contribution in [3.8, 4) is 0 Å². The molecule has 0 aliphatic heterocycles. The quantitative estimate of drug-likeness (QED) is 0.457. The second-order valence-corrected chi connectivity index (χ2v) is 4.86. The van der Waals surface area contributed by atoms with E-state index in [0.29, 0.717) is 11.6 Å². The molecule has 4 heteroatoms. The van der Waals surface area contributed by atoms with E-state index in [9.17, 15) is 4.79 Å². The summed E-state index contributed by atoms with van der Waals surface area (Å²) in [5.74, 6) is 0. The largest absolute Gasteiger partial charge is 0.321 e. The van der Waals surface area contributed by atoms with Crippen molar-refractivity contribution >= 4 is 28.6 Å². The highest BCUT2D eigenvalue weighted by atomic mass is 35.5. The summed E-state index contributed by atoms with van der Waals surface area (Å²) in [6.07, 6.45) is 5.93. The Kier molecular flexibility index (Phi) is 4.08. The average molecular weight is 270 g/mol. The molecule has 2 rings (SSSR count). The fourth-order valence-electron chi connectivity index (χ4n) is 1.98. The van der Waals surface area contributed by atoms with Gasteiger partial charge in [0.15, 0.2) is 0 Å². The van der Waals surface area contributed by atoms with E-state index in [1.54, 1.807) is 4.90 Å². The van der Waals surface area contributed by atoms with E-state index in [0.717, 1.165) is 18.4 Å². The van der Waals surface area contributed by atoms with Gasteiger partial charge in [-0.2, -0.15) is 0 Å². The van der Waals surface area contributed by atoms with E-state index in [1.165, 1.54) is 0 Å². The van der Waals surface area contributed by atoms with Crippen molar-refractivity contribution in [3.63, 3.8) is 0 Å². The predicted molar refractivity (Wildman–Crippen MR) is 70.4 cm³/mol. The minimum Gasteiger partial charge on any atom is -0.321 e. The van der Waals surface area contributed by atoms with Crippen molar-refractivity contribution in [1.82, 2.24) is 4.90 Å². The van der Waals surface area contributed by atoms with Crippen LogP contribution in [0.5, 0.6) is 0 Å². The van der Waals surface area contributed by atoms with E-state index < -0.39 is 5.37 Å². The third-order valence-corrected chi connectivity index (χ3v) is 3.38. The molecule has 0 saturated heterocycles.